The number of aliphatic hydroxyl groups is 1. The second-order valence-corrected chi connectivity index (χ2v) is 6.30. The molecule has 3 aromatic heterocycles. The van der Waals surface area contributed by atoms with Gasteiger partial charge in [0.05, 0.1) is 28.7 Å². The predicted molar refractivity (Wildman–Crippen MR) is 88.6 cm³/mol. The summed E-state index contributed by atoms with van der Waals surface area (Å²) in [4.78, 5) is 24.1. The summed E-state index contributed by atoms with van der Waals surface area (Å²) < 4.78 is 2.46. The molecule has 1 aliphatic rings. The SMILES string of the molecule is O=c1nc2n(c3ccsc13)CC(O)=C2c1nc2ccccc2[nH]1. The number of aromatic nitrogens is 4. The third-order valence-corrected chi connectivity index (χ3v) is 4.93. The number of aromatic amines is 1. The average molecular weight is 322 g/mol. The summed E-state index contributed by atoms with van der Waals surface area (Å²) in [6, 6.07) is 9.51. The zero-order valence-electron chi connectivity index (χ0n) is 11.8. The molecule has 0 spiro atoms. The lowest BCUT2D eigenvalue weighted by molar-refractivity contribution is 0.389. The van der Waals surface area contributed by atoms with Crippen molar-refractivity contribution in [1.82, 2.24) is 19.5 Å². The molecule has 6 nitrogen and oxygen atoms in total. The number of H-pyrrole nitrogens is 1. The van der Waals surface area contributed by atoms with Crippen LogP contribution >= 0.6 is 11.3 Å². The van der Waals surface area contributed by atoms with E-state index in [0.717, 1.165) is 16.6 Å². The van der Waals surface area contributed by atoms with Gasteiger partial charge in [0.15, 0.2) is 5.82 Å². The lowest BCUT2D eigenvalue weighted by Crippen LogP contribution is -2.14. The Morgan fingerprint density at radius 2 is 2.09 bits per heavy atom. The normalized spacial score (nSPS) is 14.1. The van der Waals surface area contributed by atoms with Crippen LogP contribution in [0.25, 0.3) is 26.8 Å². The molecule has 112 valence electrons. The van der Waals surface area contributed by atoms with Gasteiger partial charge in [0.1, 0.15) is 16.3 Å². The smallest absolute Gasteiger partial charge is 0.291 e. The van der Waals surface area contributed by atoms with Crippen molar-refractivity contribution in [1.29, 1.82) is 0 Å². The van der Waals surface area contributed by atoms with Gasteiger partial charge in [0.25, 0.3) is 5.56 Å². The molecule has 0 saturated carbocycles. The Morgan fingerprint density at radius 1 is 1.22 bits per heavy atom. The molecule has 23 heavy (non-hydrogen) atoms. The Balaban J connectivity index is 1.81. The number of para-hydroxylation sites is 2. The van der Waals surface area contributed by atoms with Crippen LogP contribution in [-0.2, 0) is 6.54 Å². The number of nitrogens with zero attached hydrogens (tertiary/aromatic N) is 3. The van der Waals surface area contributed by atoms with E-state index in [1.54, 1.807) is 0 Å². The first-order valence-corrected chi connectivity index (χ1v) is 7.96. The molecule has 0 bridgehead atoms. The highest BCUT2D eigenvalue weighted by molar-refractivity contribution is 7.17. The van der Waals surface area contributed by atoms with Crippen LogP contribution in [0.5, 0.6) is 0 Å². The molecule has 5 rings (SSSR count). The fourth-order valence-electron chi connectivity index (χ4n) is 3.02. The Morgan fingerprint density at radius 3 is 2.96 bits per heavy atom. The molecule has 0 radical (unpaired) electrons. The fraction of sp³-hybridized carbons (Fsp3) is 0.0625. The summed E-state index contributed by atoms with van der Waals surface area (Å²) in [5.74, 6) is 1.14. The third-order valence-electron chi connectivity index (χ3n) is 4.04. The minimum atomic E-state index is -0.274. The lowest BCUT2D eigenvalue weighted by Gasteiger charge is -2.05. The molecule has 0 amide bonds. The molecule has 1 aliphatic heterocycles. The number of hydrogen-bond donors (Lipinski definition) is 2. The monoisotopic (exact) mass is 322 g/mol. The van der Waals surface area contributed by atoms with Crippen molar-refractivity contribution in [3.05, 3.63) is 63.5 Å². The zero-order chi connectivity index (χ0) is 15.6. The Labute approximate surface area is 133 Å². The predicted octanol–water partition coefficient (Wildman–Crippen LogP) is 2.67. The molecule has 2 N–H and O–H groups in total. The zero-order valence-corrected chi connectivity index (χ0v) is 12.6. The maximum absolute atomic E-state index is 12.2. The van der Waals surface area contributed by atoms with E-state index in [0.29, 0.717) is 28.5 Å². The summed E-state index contributed by atoms with van der Waals surface area (Å²) in [5, 5.41) is 12.3. The fourth-order valence-corrected chi connectivity index (χ4v) is 3.80. The van der Waals surface area contributed by atoms with Gasteiger partial charge >= 0.3 is 0 Å². The van der Waals surface area contributed by atoms with Crippen molar-refractivity contribution in [3.63, 3.8) is 0 Å². The van der Waals surface area contributed by atoms with Crippen LogP contribution in [0, 0.1) is 0 Å². The van der Waals surface area contributed by atoms with Gasteiger partial charge in [-0.2, -0.15) is 4.98 Å². The second kappa shape index (κ2) is 4.30. The largest absolute Gasteiger partial charge is 0.509 e. The van der Waals surface area contributed by atoms with Crippen LogP contribution in [0.4, 0.5) is 0 Å². The van der Waals surface area contributed by atoms with Crippen molar-refractivity contribution < 1.29 is 5.11 Å². The van der Waals surface area contributed by atoms with Gasteiger partial charge in [0, 0.05) is 0 Å². The second-order valence-electron chi connectivity index (χ2n) is 5.39. The summed E-state index contributed by atoms with van der Waals surface area (Å²) in [6.07, 6.45) is 0. The minimum absolute atomic E-state index is 0.162. The van der Waals surface area contributed by atoms with Crippen LogP contribution in [0.1, 0.15) is 11.6 Å². The van der Waals surface area contributed by atoms with Gasteiger partial charge in [-0.1, -0.05) is 12.1 Å². The number of imidazole rings is 1. The Bertz CT molecular complexity index is 1150. The molecule has 1 aromatic carbocycles. The number of nitrogens with one attached hydrogen (secondary N) is 1. The van der Waals surface area contributed by atoms with Crippen molar-refractivity contribution >= 4 is 38.2 Å². The van der Waals surface area contributed by atoms with E-state index in [1.165, 1.54) is 11.3 Å². The molecule has 0 fully saturated rings. The molecule has 0 atom stereocenters. The first-order chi connectivity index (χ1) is 11.2. The van der Waals surface area contributed by atoms with Crippen molar-refractivity contribution in [2.45, 2.75) is 6.54 Å². The highest BCUT2D eigenvalue weighted by Crippen LogP contribution is 2.33. The van der Waals surface area contributed by atoms with Gasteiger partial charge in [0.2, 0.25) is 0 Å². The Kier molecular flexibility index (Phi) is 2.35. The molecule has 4 heterocycles. The van der Waals surface area contributed by atoms with E-state index in [9.17, 15) is 9.90 Å². The number of benzene rings is 1. The van der Waals surface area contributed by atoms with Gasteiger partial charge in [-0.3, -0.25) is 4.79 Å². The van der Waals surface area contributed by atoms with E-state index in [2.05, 4.69) is 15.0 Å². The highest BCUT2D eigenvalue weighted by atomic mass is 32.1. The van der Waals surface area contributed by atoms with Gasteiger partial charge in [-0.05, 0) is 23.6 Å². The highest BCUT2D eigenvalue weighted by Gasteiger charge is 2.28. The quantitative estimate of drug-likeness (QED) is 0.564. The van der Waals surface area contributed by atoms with Gasteiger partial charge in [-0.25, -0.2) is 4.98 Å². The minimum Gasteiger partial charge on any atom is -0.509 e. The van der Waals surface area contributed by atoms with E-state index in [4.69, 9.17) is 0 Å². The molecule has 7 heteroatoms. The van der Waals surface area contributed by atoms with Crippen molar-refractivity contribution in [2.75, 3.05) is 0 Å². The maximum atomic E-state index is 12.2. The van der Waals surface area contributed by atoms with E-state index in [-0.39, 0.29) is 11.3 Å². The molecular formula is C16H10N4O2S. The number of thiophene rings is 1. The molecule has 0 unspecified atom stereocenters. The Hall–Kier alpha value is -2.93. The number of rotatable bonds is 1. The average Bonchev–Trinajstić information content (AvgIpc) is 3.22. The lowest BCUT2D eigenvalue weighted by atomic mass is 10.2. The topological polar surface area (TPSA) is 83.8 Å². The van der Waals surface area contributed by atoms with Gasteiger partial charge in [-0.15, -0.1) is 11.3 Å². The third kappa shape index (κ3) is 1.65. The summed E-state index contributed by atoms with van der Waals surface area (Å²) in [5.41, 5.74) is 2.69. The first kappa shape index (κ1) is 12.6. The van der Waals surface area contributed by atoms with Crippen LogP contribution in [0.3, 0.4) is 0 Å². The van der Waals surface area contributed by atoms with Crippen LogP contribution in [0.15, 0.2) is 46.3 Å². The number of allylic oxidation sites excluding steroid dienone is 1. The molecular weight excluding hydrogens is 312 g/mol. The van der Waals surface area contributed by atoms with Gasteiger partial charge < -0.3 is 14.7 Å². The van der Waals surface area contributed by atoms with E-state index >= 15 is 0 Å². The summed E-state index contributed by atoms with van der Waals surface area (Å²) >= 11 is 1.36. The standard InChI is InChI=1S/C16H10N4O2S/c21-11-7-20-10-5-6-23-13(10)16(22)19-15(20)12(11)14-17-8-3-1-2-4-9(8)18-14/h1-6,21H,7H2,(H,17,18). The van der Waals surface area contributed by atoms with Crippen LogP contribution in [-0.4, -0.2) is 24.6 Å². The number of aliphatic hydroxyl groups excluding tert-OH is 1. The molecule has 0 saturated heterocycles. The summed E-state index contributed by atoms with van der Waals surface area (Å²) in [7, 11) is 0. The molecule has 0 aliphatic carbocycles. The number of fused-ring (bicyclic) bond motifs is 4. The summed E-state index contributed by atoms with van der Waals surface area (Å²) in [6.45, 7) is 0.294. The molecule has 4 aromatic rings. The first-order valence-electron chi connectivity index (χ1n) is 7.08. The van der Waals surface area contributed by atoms with Crippen LogP contribution < -0.4 is 5.56 Å². The van der Waals surface area contributed by atoms with E-state index < -0.39 is 0 Å². The van der Waals surface area contributed by atoms with Crippen LogP contribution in [0.2, 0.25) is 0 Å². The van der Waals surface area contributed by atoms with Crippen molar-refractivity contribution in [2.24, 2.45) is 0 Å². The van der Waals surface area contributed by atoms with E-state index in [1.807, 2.05) is 40.3 Å². The van der Waals surface area contributed by atoms with Crippen molar-refractivity contribution in [3.8, 4) is 0 Å². The number of hydrogen-bond acceptors (Lipinski definition) is 5. The maximum Gasteiger partial charge on any atom is 0.291 e.